The van der Waals surface area contributed by atoms with E-state index in [2.05, 4.69) is 95.2 Å². The van der Waals surface area contributed by atoms with Gasteiger partial charge in [0.25, 0.3) is 0 Å². The van der Waals surface area contributed by atoms with E-state index >= 15 is 0 Å². The van der Waals surface area contributed by atoms with Crippen LogP contribution in [-0.4, -0.2) is 37.5 Å². The van der Waals surface area contributed by atoms with Crippen LogP contribution in [0.5, 0.6) is 0 Å². The number of carbonyl (C=O) groups is 3. The van der Waals surface area contributed by atoms with Crippen LogP contribution in [0.25, 0.3) is 0 Å². The second-order valence-electron chi connectivity index (χ2n) is 9.84. The van der Waals surface area contributed by atoms with E-state index in [-0.39, 0.29) is 17.9 Å². The quantitative estimate of drug-likeness (QED) is 0.103. The lowest BCUT2D eigenvalue weighted by Gasteiger charge is -2.29. The summed E-state index contributed by atoms with van der Waals surface area (Å²) in [6.07, 6.45) is 39.3. The van der Waals surface area contributed by atoms with E-state index < -0.39 is 5.97 Å². The maximum atomic E-state index is 12.3. The van der Waals surface area contributed by atoms with Gasteiger partial charge in [0.2, 0.25) is 11.8 Å². The number of nitrogens with one attached hydrogen (secondary N) is 2. The van der Waals surface area contributed by atoms with Crippen molar-refractivity contribution in [1.29, 1.82) is 0 Å². The summed E-state index contributed by atoms with van der Waals surface area (Å²) in [5.41, 5.74) is 0. The fourth-order valence-corrected chi connectivity index (χ4v) is 4.18. The van der Waals surface area contributed by atoms with Crippen LogP contribution < -0.4 is 10.6 Å². The van der Waals surface area contributed by atoms with Crippen molar-refractivity contribution >= 4 is 17.8 Å². The molecule has 1 rings (SSSR count). The molecule has 1 fully saturated rings. The molecule has 0 aromatic rings. The maximum Gasteiger partial charge on any atom is 0.330 e. The highest BCUT2D eigenvalue weighted by Crippen LogP contribution is 2.23. The molecule has 0 aliphatic heterocycles. The van der Waals surface area contributed by atoms with Crippen molar-refractivity contribution in [2.24, 2.45) is 5.92 Å². The molecule has 0 unspecified atom stereocenters. The first-order chi connectivity index (χ1) is 19.5. The fourth-order valence-electron chi connectivity index (χ4n) is 4.18. The highest BCUT2D eigenvalue weighted by Gasteiger charge is 2.22. The molecule has 1 aliphatic rings. The maximum absolute atomic E-state index is 12.3. The summed E-state index contributed by atoms with van der Waals surface area (Å²) < 4.78 is 4.47. The second kappa shape index (κ2) is 24.6. The zero-order chi connectivity index (χ0) is 29.1. The van der Waals surface area contributed by atoms with Gasteiger partial charge in [-0.3, -0.25) is 9.59 Å². The highest BCUT2D eigenvalue weighted by atomic mass is 16.5. The largest absolute Gasteiger partial charge is 0.466 e. The molecule has 0 heterocycles. The van der Waals surface area contributed by atoms with Gasteiger partial charge in [-0.05, 0) is 76.5 Å². The Morgan fingerprint density at radius 1 is 0.700 bits per heavy atom. The molecule has 2 amide bonds. The number of methoxy groups -OCH3 is 1. The van der Waals surface area contributed by atoms with Gasteiger partial charge in [-0.1, -0.05) is 79.8 Å². The lowest BCUT2D eigenvalue weighted by atomic mass is 9.86. The molecule has 0 spiro atoms. The van der Waals surface area contributed by atoms with Gasteiger partial charge in [0.1, 0.15) is 0 Å². The van der Waals surface area contributed by atoms with Crippen LogP contribution >= 0.6 is 0 Å². The van der Waals surface area contributed by atoms with E-state index in [1.165, 1.54) is 13.2 Å². The number of allylic oxidation sites excluding steroid dienone is 12. The third kappa shape index (κ3) is 20.5. The topological polar surface area (TPSA) is 84.5 Å². The van der Waals surface area contributed by atoms with Crippen molar-refractivity contribution < 1.29 is 19.1 Å². The van der Waals surface area contributed by atoms with Gasteiger partial charge in [-0.2, -0.15) is 0 Å². The fraction of sp³-hybridized carbons (Fsp3) is 0.500. The molecule has 40 heavy (non-hydrogen) atoms. The molecule has 0 saturated heterocycles. The van der Waals surface area contributed by atoms with Crippen LogP contribution in [0, 0.1) is 5.92 Å². The second-order valence-corrected chi connectivity index (χ2v) is 9.84. The number of carbonyl (C=O) groups excluding carboxylic acids is 3. The summed E-state index contributed by atoms with van der Waals surface area (Å²) in [4.78, 5) is 35.0. The van der Waals surface area contributed by atoms with Crippen molar-refractivity contribution in [3.63, 3.8) is 0 Å². The molecule has 0 aromatic carbocycles. The Kier molecular flexibility index (Phi) is 21.3. The zero-order valence-electron chi connectivity index (χ0n) is 24.6. The van der Waals surface area contributed by atoms with Gasteiger partial charge in [0.05, 0.1) is 7.11 Å². The van der Waals surface area contributed by atoms with Crippen LogP contribution in [0.4, 0.5) is 0 Å². The summed E-state index contributed by atoms with van der Waals surface area (Å²) in [5.74, 6) is -0.353. The summed E-state index contributed by atoms with van der Waals surface area (Å²) >= 11 is 0. The molecule has 0 radical (unpaired) electrons. The molecule has 0 aromatic heterocycles. The molecule has 220 valence electrons. The predicted molar refractivity (Wildman–Crippen MR) is 166 cm³/mol. The Balaban J connectivity index is 2.03. The Bertz CT molecular complexity index is 916. The molecule has 0 bridgehead atoms. The summed E-state index contributed by atoms with van der Waals surface area (Å²) in [7, 11) is 1.27. The van der Waals surface area contributed by atoms with E-state index in [0.29, 0.717) is 18.9 Å². The smallest absolute Gasteiger partial charge is 0.330 e. The number of hydrogen-bond donors (Lipinski definition) is 2. The van der Waals surface area contributed by atoms with Gasteiger partial charge in [-0.25, -0.2) is 4.79 Å². The van der Waals surface area contributed by atoms with E-state index in [0.717, 1.165) is 76.7 Å². The SMILES string of the molecule is CCC=CCC=CCC=CCC=CCC=CCC=CCCC(=O)NC1CCC(CNC(=O)C=CC(=O)OC)CC1. The monoisotopic (exact) mass is 550 g/mol. The van der Waals surface area contributed by atoms with E-state index in [9.17, 15) is 14.4 Å². The lowest BCUT2D eigenvalue weighted by Crippen LogP contribution is -2.39. The first kappa shape index (κ1) is 34.6. The van der Waals surface area contributed by atoms with Crippen LogP contribution in [0.3, 0.4) is 0 Å². The van der Waals surface area contributed by atoms with Crippen LogP contribution in [0.15, 0.2) is 85.1 Å². The summed E-state index contributed by atoms with van der Waals surface area (Å²) in [5, 5.41) is 5.97. The van der Waals surface area contributed by atoms with Gasteiger partial charge in [0, 0.05) is 31.2 Å². The minimum atomic E-state index is -0.549. The average Bonchev–Trinajstić information content (AvgIpc) is 2.96. The number of esters is 1. The van der Waals surface area contributed by atoms with Crippen molar-refractivity contribution in [2.45, 2.75) is 90.0 Å². The number of ether oxygens (including phenoxy) is 1. The molecule has 2 N–H and O–H groups in total. The van der Waals surface area contributed by atoms with Crippen molar-refractivity contribution in [3.8, 4) is 0 Å². The molecule has 1 saturated carbocycles. The zero-order valence-corrected chi connectivity index (χ0v) is 24.6. The average molecular weight is 551 g/mol. The lowest BCUT2D eigenvalue weighted by molar-refractivity contribution is -0.135. The number of amides is 2. The van der Waals surface area contributed by atoms with E-state index in [1.807, 2.05) is 0 Å². The Morgan fingerprint density at radius 3 is 1.70 bits per heavy atom. The molecule has 6 nitrogen and oxygen atoms in total. The van der Waals surface area contributed by atoms with Gasteiger partial charge in [-0.15, -0.1) is 0 Å². The molecular formula is C34H50N2O4. The summed E-state index contributed by atoms with van der Waals surface area (Å²) in [6.45, 7) is 2.73. The third-order valence-electron chi connectivity index (χ3n) is 6.48. The summed E-state index contributed by atoms with van der Waals surface area (Å²) in [6, 6.07) is 0.212. The Hall–Kier alpha value is -3.41. The normalized spacial score (nSPS) is 18.4. The number of rotatable bonds is 19. The highest BCUT2D eigenvalue weighted by molar-refractivity contribution is 5.94. The molecule has 1 aliphatic carbocycles. The van der Waals surface area contributed by atoms with Gasteiger partial charge in [0.15, 0.2) is 0 Å². The van der Waals surface area contributed by atoms with E-state index in [1.54, 1.807) is 0 Å². The molecule has 0 atom stereocenters. The predicted octanol–water partition coefficient (Wildman–Crippen LogP) is 6.98. The standard InChI is InChI=1S/C34H50N2O4/c1-3-4-5-6-7-8-9-10-11-12-13-14-15-16-17-18-19-20-21-22-33(38)36-31-25-23-30(24-26-31)29-35-32(37)27-28-34(39)40-2/h4-5,7-8,10-11,13-14,16-17,19-20,27-28,30-31H,3,6,9,12,15,18,21-26,29H2,1-2H3,(H,35,37)(H,36,38). The van der Waals surface area contributed by atoms with Gasteiger partial charge < -0.3 is 15.4 Å². The van der Waals surface area contributed by atoms with Crippen LogP contribution in [-0.2, 0) is 19.1 Å². The van der Waals surface area contributed by atoms with Gasteiger partial charge >= 0.3 is 5.97 Å². The van der Waals surface area contributed by atoms with Crippen LogP contribution in [0.1, 0.15) is 84.0 Å². The minimum absolute atomic E-state index is 0.101. The minimum Gasteiger partial charge on any atom is -0.466 e. The third-order valence-corrected chi connectivity index (χ3v) is 6.48. The first-order valence-corrected chi connectivity index (χ1v) is 14.8. The van der Waals surface area contributed by atoms with Crippen LogP contribution in [0.2, 0.25) is 0 Å². The Morgan fingerprint density at radius 2 is 1.20 bits per heavy atom. The van der Waals surface area contributed by atoms with Crippen molar-refractivity contribution in [2.75, 3.05) is 13.7 Å². The van der Waals surface area contributed by atoms with E-state index in [4.69, 9.17) is 0 Å². The molecule has 6 heteroatoms. The van der Waals surface area contributed by atoms with Crippen molar-refractivity contribution in [1.82, 2.24) is 10.6 Å². The Labute approximate surface area is 242 Å². The number of hydrogen-bond acceptors (Lipinski definition) is 4. The van der Waals surface area contributed by atoms with Crippen molar-refractivity contribution in [3.05, 3.63) is 85.1 Å². The molecular weight excluding hydrogens is 500 g/mol. The first-order valence-electron chi connectivity index (χ1n) is 14.8.